The van der Waals surface area contributed by atoms with Crippen LogP contribution in [-0.2, 0) is 7.05 Å². The largest absolute Gasteiger partial charge is 0.366 e. The molecule has 2 N–H and O–H groups in total. The fraction of sp³-hybridized carbons (Fsp3) is 0.154. The lowest BCUT2D eigenvalue weighted by Gasteiger charge is -2.05. The molecule has 0 atom stereocenters. The second kappa shape index (κ2) is 4.05. The summed E-state index contributed by atoms with van der Waals surface area (Å²) in [6.45, 7) is 1.78. The van der Waals surface area contributed by atoms with Crippen molar-refractivity contribution < 1.29 is 9.18 Å². The number of hydrogen-bond acceptors (Lipinski definition) is 1. The van der Waals surface area contributed by atoms with Crippen molar-refractivity contribution >= 4 is 5.91 Å². The SMILES string of the molecule is Cc1c(C(N)=O)cc(-c2ccccc2F)n1C. The Morgan fingerprint density at radius 3 is 2.53 bits per heavy atom. The molecule has 0 saturated heterocycles. The number of hydrogen-bond donors (Lipinski definition) is 1. The molecule has 17 heavy (non-hydrogen) atoms. The molecule has 3 nitrogen and oxygen atoms in total. The Morgan fingerprint density at radius 2 is 2.00 bits per heavy atom. The number of carbonyl (C=O) groups excluding carboxylic acids is 1. The van der Waals surface area contributed by atoms with Gasteiger partial charge in [0.1, 0.15) is 5.82 Å². The highest BCUT2D eigenvalue weighted by Gasteiger charge is 2.16. The van der Waals surface area contributed by atoms with Crippen molar-refractivity contribution in [3.8, 4) is 11.3 Å². The average Bonchev–Trinajstić information content (AvgIpc) is 2.57. The molecule has 0 aliphatic heterocycles. The number of rotatable bonds is 2. The Bertz CT molecular complexity index is 587. The Kier molecular flexibility index (Phi) is 2.71. The summed E-state index contributed by atoms with van der Waals surface area (Å²) in [6.07, 6.45) is 0. The Balaban J connectivity index is 2.66. The van der Waals surface area contributed by atoms with Gasteiger partial charge in [0.05, 0.1) is 11.3 Å². The molecular formula is C13H13FN2O. The highest BCUT2D eigenvalue weighted by molar-refractivity contribution is 5.95. The van der Waals surface area contributed by atoms with Gasteiger partial charge in [0, 0.05) is 18.3 Å². The molecule has 0 aliphatic rings. The monoisotopic (exact) mass is 232 g/mol. The van der Waals surface area contributed by atoms with Crippen LogP contribution in [-0.4, -0.2) is 10.5 Å². The van der Waals surface area contributed by atoms with E-state index in [1.54, 1.807) is 42.8 Å². The van der Waals surface area contributed by atoms with Crippen LogP contribution in [0.3, 0.4) is 0 Å². The molecular weight excluding hydrogens is 219 g/mol. The molecule has 2 rings (SSSR count). The molecule has 0 spiro atoms. The minimum absolute atomic E-state index is 0.316. The molecule has 1 aromatic carbocycles. The van der Waals surface area contributed by atoms with Crippen LogP contribution in [0.5, 0.6) is 0 Å². The van der Waals surface area contributed by atoms with E-state index >= 15 is 0 Å². The highest BCUT2D eigenvalue weighted by atomic mass is 19.1. The van der Waals surface area contributed by atoms with Crippen molar-refractivity contribution in [2.45, 2.75) is 6.92 Å². The second-order valence-corrected chi connectivity index (χ2v) is 3.93. The first-order valence-electron chi connectivity index (χ1n) is 5.23. The molecule has 4 heteroatoms. The molecule has 1 heterocycles. The lowest BCUT2D eigenvalue weighted by Crippen LogP contribution is -2.11. The maximum absolute atomic E-state index is 13.7. The van der Waals surface area contributed by atoms with Gasteiger partial charge in [-0.25, -0.2) is 4.39 Å². The van der Waals surface area contributed by atoms with E-state index < -0.39 is 5.91 Å². The number of nitrogens with two attached hydrogens (primary N) is 1. The number of aromatic nitrogens is 1. The van der Waals surface area contributed by atoms with E-state index in [1.807, 2.05) is 0 Å². The summed E-state index contributed by atoms with van der Waals surface area (Å²) in [5.74, 6) is -0.815. The van der Waals surface area contributed by atoms with E-state index in [0.29, 0.717) is 16.8 Å². The van der Waals surface area contributed by atoms with Crippen molar-refractivity contribution in [1.29, 1.82) is 0 Å². The number of primary amides is 1. The van der Waals surface area contributed by atoms with Crippen molar-refractivity contribution in [1.82, 2.24) is 4.57 Å². The lowest BCUT2D eigenvalue weighted by molar-refractivity contribution is 0.0999. The number of carbonyl (C=O) groups is 1. The standard InChI is InChI=1S/C13H13FN2O/c1-8-10(13(15)17)7-12(16(8)2)9-5-3-4-6-11(9)14/h3-7H,1-2H3,(H2,15,17). The topological polar surface area (TPSA) is 48.0 Å². The van der Waals surface area contributed by atoms with Crippen LogP contribution in [0.15, 0.2) is 30.3 Å². The normalized spacial score (nSPS) is 10.5. The molecule has 0 radical (unpaired) electrons. The third-order valence-corrected chi connectivity index (χ3v) is 2.95. The maximum Gasteiger partial charge on any atom is 0.250 e. The van der Waals surface area contributed by atoms with Gasteiger partial charge in [-0.05, 0) is 25.1 Å². The molecule has 0 unspecified atom stereocenters. The van der Waals surface area contributed by atoms with Gasteiger partial charge in [-0.15, -0.1) is 0 Å². The number of amides is 1. The summed E-state index contributed by atoms with van der Waals surface area (Å²) in [5, 5.41) is 0. The number of nitrogens with zero attached hydrogens (tertiary/aromatic N) is 1. The van der Waals surface area contributed by atoms with Crippen molar-refractivity contribution in [3.63, 3.8) is 0 Å². The first-order chi connectivity index (χ1) is 8.02. The van der Waals surface area contributed by atoms with E-state index in [4.69, 9.17) is 5.73 Å². The summed E-state index contributed by atoms with van der Waals surface area (Å²) < 4.78 is 15.4. The minimum Gasteiger partial charge on any atom is -0.366 e. The van der Waals surface area contributed by atoms with E-state index in [2.05, 4.69) is 0 Å². The number of benzene rings is 1. The summed E-state index contributed by atoms with van der Waals surface area (Å²) in [6, 6.07) is 8.07. The molecule has 1 amide bonds. The average molecular weight is 232 g/mol. The molecule has 0 aliphatic carbocycles. The zero-order valence-corrected chi connectivity index (χ0v) is 9.70. The molecule has 88 valence electrons. The minimum atomic E-state index is -0.499. The van der Waals surface area contributed by atoms with E-state index in [1.165, 1.54) is 6.07 Å². The Labute approximate surface area is 98.7 Å². The highest BCUT2D eigenvalue weighted by Crippen LogP contribution is 2.26. The van der Waals surface area contributed by atoms with Crippen LogP contribution in [0.4, 0.5) is 4.39 Å². The fourth-order valence-corrected chi connectivity index (χ4v) is 1.88. The summed E-state index contributed by atoms with van der Waals surface area (Å²) in [7, 11) is 1.78. The lowest BCUT2D eigenvalue weighted by atomic mass is 10.1. The van der Waals surface area contributed by atoms with Crippen LogP contribution >= 0.6 is 0 Å². The van der Waals surface area contributed by atoms with Gasteiger partial charge in [0.15, 0.2) is 0 Å². The summed E-state index contributed by atoms with van der Waals surface area (Å²) >= 11 is 0. The van der Waals surface area contributed by atoms with Crippen LogP contribution in [0.2, 0.25) is 0 Å². The molecule has 2 aromatic rings. The zero-order chi connectivity index (χ0) is 12.6. The predicted octanol–water partition coefficient (Wildman–Crippen LogP) is 2.24. The van der Waals surface area contributed by atoms with Gasteiger partial charge in [-0.1, -0.05) is 12.1 Å². The summed E-state index contributed by atoms with van der Waals surface area (Å²) in [5.41, 5.74) is 7.53. The van der Waals surface area contributed by atoms with Gasteiger partial charge >= 0.3 is 0 Å². The molecule has 1 aromatic heterocycles. The van der Waals surface area contributed by atoms with Crippen molar-refractivity contribution in [2.24, 2.45) is 12.8 Å². The van der Waals surface area contributed by atoms with Crippen molar-refractivity contribution in [2.75, 3.05) is 0 Å². The molecule has 0 bridgehead atoms. The van der Waals surface area contributed by atoms with Crippen molar-refractivity contribution in [3.05, 3.63) is 47.4 Å². The zero-order valence-electron chi connectivity index (χ0n) is 9.70. The smallest absolute Gasteiger partial charge is 0.250 e. The van der Waals surface area contributed by atoms with E-state index in [9.17, 15) is 9.18 Å². The summed E-state index contributed by atoms with van der Waals surface area (Å²) in [4.78, 5) is 11.2. The first-order valence-corrected chi connectivity index (χ1v) is 5.23. The maximum atomic E-state index is 13.7. The second-order valence-electron chi connectivity index (χ2n) is 3.93. The molecule has 0 fully saturated rings. The van der Waals surface area contributed by atoms with Gasteiger partial charge < -0.3 is 10.3 Å². The van der Waals surface area contributed by atoms with Gasteiger partial charge in [-0.2, -0.15) is 0 Å². The van der Waals surface area contributed by atoms with Gasteiger partial charge in [-0.3, -0.25) is 4.79 Å². The first kappa shape index (κ1) is 11.4. The number of halogens is 1. The molecule has 0 saturated carbocycles. The quantitative estimate of drug-likeness (QED) is 0.848. The predicted molar refractivity (Wildman–Crippen MR) is 64.1 cm³/mol. The Hall–Kier alpha value is -2.10. The van der Waals surface area contributed by atoms with E-state index in [0.717, 1.165) is 5.69 Å². The van der Waals surface area contributed by atoms with E-state index in [-0.39, 0.29) is 5.82 Å². The third-order valence-electron chi connectivity index (χ3n) is 2.95. The van der Waals surface area contributed by atoms with Gasteiger partial charge in [0.25, 0.3) is 5.91 Å². The van der Waals surface area contributed by atoms with Crippen LogP contribution < -0.4 is 5.73 Å². The Morgan fingerprint density at radius 1 is 1.35 bits per heavy atom. The van der Waals surface area contributed by atoms with Crippen LogP contribution in [0, 0.1) is 12.7 Å². The van der Waals surface area contributed by atoms with Crippen LogP contribution in [0.1, 0.15) is 16.1 Å². The van der Waals surface area contributed by atoms with Gasteiger partial charge in [0.2, 0.25) is 0 Å². The fourth-order valence-electron chi connectivity index (χ4n) is 1.88. The van der Waals surface area contributed by atoms with Crippen LogP contribution in [0.25, 0.3) is 11.3 Å². The third kappa shape index (κ3) is 1.82.